The predicted molar refractivity (Wildman–Crippen MR) is 75.8 cm³/mol. The Hall–Kier alpha value is -2.11. The van der Waals surface area contributed by atoms with E-state index in [-0.39, 0.29) is 0 Å². The molecule has 0 fully saturated rings. The number of rotatable bonds is 1. The standard InChI is InChI=1S/C17H16N2/c1-19-11-15-6-2-3-8-16(15)17(12-19)14-7-4-5-13(9-14)10-18/h2-9,17H,11-12H2,1H3. The third kappa shape index (κ3) is 2.25. The van der Waals surface area contributed by atoms with Gasteiger partial charge in [-0.25, -0.2) is 0 Å². The summed E-state index contributed by atoms with van der Waals surface area (Å²) in [5.41, 5.74) is 4.76. The molecule has 1 unspecified atom stereocenters. The second-order valence-electron chi connectivity index (χ2n) is 5.19. The number of fused-ring (bicyclic) bond motifs is 1. The van der Waals surface area contributed by atoms with E-state index in [1.54, 1.807) is 0 Å². The maximum Gasteiger partial charge on any atom is 0.0991 e. The first-order chi connectivity index (χ1) is 9.28. The van der Waals surface area contributed by atoms with Crippen LogP contribution in [-0.2, 0) is 6.54 Å². The Morgan fingerprint density at radius 2 is 2.00 bits per heavy atom. The van der Waals surface area contributed by atoms with Crippen LogP contribution in [-0.4, -0.2) is 18.5 Å². The van der Waals surface area contributed by atoms with Gasteiger partial charge in [0.1, 0.15) is 0 Å². The predicted octanol–water partition coefficient (Wildman–Crippen LogP) is 3.14. The zero-order valence-electron chi connectivity index (χ0n) is 11.0. The van der Waals surface area contributed by atoms with Gasteiger partial charge in [0.05, 0.1) is 11.6 Å². The first kappa shape index (κ1) is 12.0. The lowest BCUT2D eigenvalue weighted by atomic mass is 9.84. The van der Waals surface area contributed by atoms with E-state index < -0.39 is 0 Å². The van der Waals surface area contributed by atoms with Crippen molar-refractivity contribution in [2.45, 2.75) is 12.5 Å². The molecular formula is C17H16N2. The zero-order chi connectivity index (χ0) is 13.2. The van der Waals surface area contributed by atoms with Crippen LogP contribution in [0.5, 0.6) is 0 Å². The van der Waals surface area contributed by atoms with Crippen molar-refractivity contribution in [2.75, 3.05) is 13.6 Å². The van der Waals surface area contributed by atoms with Gasteiger partial charge in [-0.2, -0.15) is 5.26 Å². The molecule has 0 amide bonds. The Balaban J connectivity index is 2.07. The molecule has 1 aliphatic heterocycles. The Kier molecular flexibility index (Phi) is 3.06. The Morgan fingerprint density at radius 3 is 2.84 bits per heavy atom. The molecule has 0 saturated carbocycles. The number of hydrogen-bond acceptors (Lipinski definition) is 2. The van der Waals surface area contributed by atoms with Gasteiger partial charge in [-0.15, -0.1) is 0 Å². The molecule has 1 heterocycles. The maximum atomic E-state index is 9.05. The molecule has 0 N–H and O–H groups in total. The van der Waals surface area contributed by atoms with Crippen LogP contribution in [0.2, 0.25) is 0 Å². The van der Waals surface area contributed by atoms with Crippen LogP contribution in [0, 0.1) is 11.3 Å². The number of benzene rings is 2. The minimum absolute atomic E-state index is 0.364. The van der Waals surface area contributed by atoms with E-state index in [2.05, 4.69) is 48.3 Å². The lowest BCUT2D eigenvalue weighted by Gasteiger charge is -2.32. The average Bonchev–Trinajstić information content (AvgIpc) is 2.46. The Bertz CT molecular complexity index is 640. The topological polar surface area (TPSA) is 27.0 Å². The smallest absolute Gasteiger partial charge is 0.0991 e. The van der Waals surface area contributed by atoms with Gasteiger partial charge in [0, 0.05) is 19.0 Å². The molecule has 0 aromatic heterocycles. The van der Waals surface area contributed by atoms with E-state index in [0.717, 1.165) is 18.7 Å². The highest BCUT2D eigenvalue weighted by molar-refractivity contribution is 5.43. The zero-order valence-corrected chi connectivity index (χ0v) is 11.0. The van der Waals surface area contributed by atoms with Crippen molar-refractivity contribution in [1.82, 2.24) is 4.90 Å². The average molecular weight is 248 g/mol. The van der Waals surface area contributed by atoms with E-state index in [4.69, 9.17) is 5.26 Å². The van der Waals surface area contributed by atoms with Crippen molar-refractivity contribution in [1.29, 1.82) is 5.26 Å². The van der Waals surface area contributed by atoms with Gasteiger partial charge in [0.25, 0.3) is 0 Å². The molecule has 2 aromatic rings. The third-order valence-electron chi connectivity index (χ3n) is 3.78. The van der Waals surface area contributed by atoms with Crippen LogP contribution in [0.1, 0.15) is 28.2 Å². The number of likely N-dealkylation sites (N-methyl/N-ethyl adjacent to an activating group) is 1. The molecule has 0 spiro atoms. The van der Waals surface area contributed by atoms with E-state index >= 15 is 0 Å². The number of nitrogens with zero attached hydrogens (tertiary/aromatic N) is 2. The van der Waals surface area contributed by atoms with E-state index in [1.165, 1.54) is 16.7 Å². The SMILES string of the molecule is CN1Cc2ccccc2C(c2cccc(C#N)c2)C1. The summed E-state index contributed by atoms with van der Waals surface area (Å²) >= 11 is 0. The fourth-order valence-corrected chi connectivity index (χ4v) is 2.89. The van der Waals surface area contributed by atoms with Gasteiger partial charge in [-0.1, -0.05) is 36.4 Å². The van der Waals surface area contributed by atoms with E-state index in [9.17, 15) is 0 Å². The van der Waals surface area contributed by atoms with E-state index in [1.807, 2.05) is 18.2 Å². The molecule has 1 atom stereocenters. The molecular weight excluding hydrogens is 232 g/mol. The summed E-state index contributed by atoms with van der Waals surface area (Å²) in [6, 6.07) is 18.8. The molecule has 19 heavy (non-hydrogen) atoms. The Labute approximate surface area is 113 Å². The van der Waals surface area contributed by atoms with Crippen LogP contribution >= 0.6 is 0 Å². The van der Waals surface area contributed by atoms with Gasteiger partial charge < -0.3 is 4.90 Å². The van der Waals surface area contributed by atoms with Crippen molar-refractivity contribution in [3.63, 3.8) is 0 Å². The lowest BCUT2D eigenvalue weighted by Crippen LogP contribution is -2.30. The van der Waals surface area contributed by atoms with Crippen molar-refractivity contribution >= 4 is 0 Å². The van der Waals surface area contributed by atoms with Crippen LogP contribution in [0.15, 0.2) is 48.5 Å². The summed E-state index contributed by atoms with van der Waals surface area (Å²) < 4.78 is 0. The monoisotopic (exact) mass is 248 g/mol. The lowest BCUT2D eigenvalue weighted by molar-refractivity contribution is 0.295. The van der Waals surface area contributed by atoms with Crippen molar-refractivity contribution in [3.8, 4) is 6.07 Å². The highest BCUT2D eigenvalue weighted by atomic mass is 15.1. The summed E-state index contributed by atoms with van der Waals surface area (Å²) in [6.45, 7) is 2.01. The largest absolute Gasteiger partial charge is 0.301 e. The van der Waals surface area contributed by atoms with Gasteiger partial charge >= 0.3 is 0 Å². The first-order valence-corrected chi connectivity index (χ1v) is 6.54. The molecule has 2 aromatic carbocycles. The summed E-state index contributed by atoms with van der Waals surface area (Å²) in [6.07, 6.45) is 0. The molecule has 0 aliphatic carbocycles. The van der Waals surface area contributed by atoms with E-state index in [0.29, 0.717) is 5.92 Å². The van der Waals surface area contributed by atoms with Crippen LogP contribution in [0.3, 0.4) is 0 Å². The van der Waals surface area contributed by atoms with Crippen LogP contribution in [0.4, 0.5) is 0 Å². The number of hydrogen-bond donors (Lipinski definition) is 0. The van der Waals surface area contributed by atoms with Crippen molar-refractivity contribution in [3.05, 3.63) is 70.8 Å². The van der Waals surface area contributed by atoms with Crippen LogP contribution in [0.25, 0.3) is 0 Å². The molecule has 0 saturated heterocycles. The first-order valence-electron chi connectivity index (χ1n) is 6.54. The molecule has 2 nitrogen and oxygen atoms in total. The number of nitriles is 1. The summed E-state index contributed by atoms with van der Waals surface area (Å²) in [7, 11) is 2.15. The Morgan fingerprint density at radius 1 is 1.16 bits per heavy atom. The van der Waals surface area contributed by atoms with Crippen molar-refractivity contribution < 1.29 is 0 Å². The molecule has 2 heteroatoms. The maximum absolute atomic E-state index is 9.05. The fourth-order valence-electron chi connectivity index (χ4n) is 2.89. The minimum atomic E-state index is 0.364. The molecule has 0 bridgehead atoms. The minimum Gasteiger partial charge on any atom is -0.301 e. The van der Waals surface area contributed by atoms with Crippen LogP contribution < -0.4 is 0 Å². The summed E-state index contributed by atoms with van der Waals surface area (Å²) in [5, 5.41) is 9.05. The second kappa shape index (κ2) is 4.87. The van der Waals surface area contributed by atoms with Gasteiger partial charge in [0.2, 0.25) is 0 Å². The highest BCUT2D eigenvalue weighted by Gasteiger charge is 2.24. The van der Waals surface area contributed by atoms with Gasteiger partial charge in [-0.05, 0) is 35.9 Å². The molecule has 94 valence electrons. The quantitative estimate of drug-likeness (QED) is 0.775. The summed E-state index contributed by atoms with van der Waals surface area (Å²) in [4.78, 5) is 2.34. The van der Waals surface area contributed by atoms with Gasteiger partial charge in [0.15, 0.2) is 0 Å². The molecule has 3 rings (SSSR count). The van der Waals surface area contributed by atoms with Crippen molar-refractivity contribution in [2.24, 2.45) is 0 Å². The normalized spacial score (nSPS) is 18.6. The summed E-state index contributed by atoms with van der Waals surface area (Å²) in [5.74, 6) is 0.364. The highest BCUT2D eigenvalue weighted by Crippen LogP contribution is 2.32. The third-order valence-corrected chi connectivity index (χ3v) is 3.78. The second-order valence-corrected chi connectivity index (χ2v) is 5.19. The fraction of sp³-hybridized carbons (Fsp3) is 0.235. The molecule has 0 radical (unpaired) electrons. The molecule has 1 aliphatic rings. The van der Waals surface area contributed by atoms with Gasteiger partial charge in [-0.3, -0.25) is 0 Å².